The van der Waals surface area contributed by atoms with Crippen LogP contribution < -0.4 is 5.73 Å². The van der Waals surface area contributed by atoms with Crippen LogP contribution >= 0.6 is 0 Å². The van der Waals surface area contributed by atoms with E-state index in [2.05, 4.69) is 9.97 Å². The smallest absolute Gasteiger partial charge is 0.286 e. The molecule has 2 rings (SSSR count). The first-order valence-corrected chi connectivity index (χ1v) is 6.22. The third kappa shape index (κ3) is 4.63. The predicted molar refractivity (Wildman–Crippen MR) is 82.3 cm³/mol. The standard InChI is InChI=1S/C7H5N3O6.C5H4N4/c1-4-6(9(13)14)2-5(8(11)12)3-7(4)10(15)16;6-1-4-2-8-3-9-5(4)7/h2-3H,1H3;2-3H,(H2,7,8,9). The summed E-state index contributed by atoms with van der Waals surface area (Å²) in [4.78, 5) is 36.0. The molecule has 0 bridgehead atoms. The summed E-state index contributed by atoms with van der Waals surface area (Å²) >= 11 is 0. The first-order chi connectivity index (χ1) is 11.7. The maximum atomic E-state index is 10.5. The van der Waals surface area contributed by atoms with Crippen molar-refractivity contribution in [2.24, 2.45) is 0 Å². The quantitative estimate of drug-likeness (QED) is 0.627. The van der Waals surface area contributed by atoms with Crippen LogP contribution in [-0.4, -0.2) is 24.7 Å². The van der Waals surface area contributed by atoms with E-state index in [0.29, 0.717) is 17.7 Å². The lowest BCUT2D eigenvalue weighted by Gasteiger charge is -1.99. The summed E-state index contributed by atoms with van der Waals surface area (Å²) in [6, 6.07) is 3.24. The van der Waals surface area contributed by atoms with E-state index >= 15 is 0 Å². The molecule has 0 amide bonds. The second-order valence-corrected chi connectivity index (χ2v) is 4.31. The number of nitro groups is 3. The monoisotopic (exact) mass is 347 g/mol. The van der Waals surface area contributed by atoms with Gasteiger partial charge in [-0.3, -0.25) is 30.3 Å². The predicted octanol–water partition coefficient (Wildman–Crippen LogP) is 1.65. The molecule has 0 aliphatic rings. The minimum Gasteiger partial charge on any atom is -0.382 e. The number of hydrogen-bond donors (Lipinski definition) is 1. The number of nitrogen functional groups attached to an aromatic ring is 1. The molecule has 0 atom stereocenters. The third-order valence-electron chi connectivity index (χ3n) is 2.81. The molecule has 0 unspecified atom stereocenters. The highest BCUT2D eigenvalue weighted by Crippen LogP contribution is 2.32. The van der Waals surface area contributed by atoms with E-state index in [0.717, 1.165) is 0 Å². The van der Waals surface area contributed by atoms with Crippen LogP contribution in [0.5, 0.6) is 0 Å². The van der Waals surface area contributed by atoms with Gasteiger partial charge in [0.05, 0.1) is 33.1 Å². The molecular formula is C12H9N7O6. The number of aromatic nitrogens is 2. The van der Waals surface area contributed by atoms with Gasteiger partial charge in [-0.05, 0) is 6.92 Å². The van der Waals surface area contributed by atoms with Crippen LogP contribution in [0.1, 0.15) is 11.1 Å². The summed E-state index contributed by atoms with van der Waals surface area (Å²) < 4.78 is 0. The van der Waals surface area contributed by atoms with E-state index < -0.39 is 31.8 Å². The van der Waals surface area contributed by atoms with Gasteiger partial charge >= 0.3 is 0 Å². The number of hydrogen-bond acceptors (Lipinski definition) is 10. The van der Waals surface area contributed by atoms with Gasteiger partial charge in [0, 0.05) is 0 Å². The Kier molecular flexibility index (Phi) is 5.93. The summed E-state index contributed by atoms with van der Waals surface area (Å²) in [7, 11) is 0. The lowest BCUT2D eigenvalue weighted by molar-refractivity contribution is -0.403. The molecule has 128 valence electrons. The van der Waals surface area contributed by atoms with E-state index in [-0.39, 0.29) is 11.4 Å². The molecule has 1 aromatic carbocycles. The average Bonchev–Trinajstić information content (AvgIpc) is 2.55. The van der Waals surface area contributed by atoms with Gasteiger partial charge in [-0.1, -0.05) is 0 Å². The molecule has 13 nitrogen and oxygen atoms in total. The fourth-order valence-corrected chi connectivity index (χ4v) is 1.58. The fraction of sp³-hybridized carbons (Fsp3) is 0.0833. The average molecular weight is 347 g/mol. The summed E-state index contributed by atoms with van der Waals surface area (Å²) in [5, 5.41) is 39.8. The molecule has 2 N–H and O–H groups in total. The minimum absolute atomic E-state index is 0.208. The van der Waals surface area contributed by atoms with Crippen LogP contribution in [0.15, 0.2) is 24.7 Å². The lowest BCUT2D eigenvalue weighted by Crippen LogP contribution is -2.00. The Hall–Kier alpha value is -4.21. The van der Waals surface area contributed by atoms with Crippen molar-refractivity contribution in [3.05, 3.63) is 66.1 Å². The van der Waals surface area contributed by atoms with E-state index in [9.17, 15) is 30.3 Å². The highest BCUT2D eigenvalue weighted by molar-refractivity contribution is 5.59. The summed E-state index contributed by atoms with van der Waals surface area (Å²) in [6.45, 7) is 1.17. The molecule has 0 aliphatic carbocycles. The molecule has 0 aliphatic heterocycles. The number of nitro benzene ring substituents is 3. The molecule has 0 radical (unpaired) electrons. The first-order valence-electron chi connectivity index (χ1n) is 6.22. The second-order valence-electron chi connectivity index (χ2n) is 4.31. The molecule has 0 saturated carbocycles. The van der Waals surface area contributed by atoms with Crippen LogP contribution in [0.3, 0.4) is 0 Å². The van der Waals surface area contributed by atoms with Crippen molar-refractivity contribution in [1.82, 2.24) is 9.97 Å². The Morgan fingerprint density at radius 1 is 1.08 bits per heavy atom. The van der Waals surface area contributed by atoms with Crippen LogP contribution in [0.2, 0.25) is 0 Å². The summed E-state index contributed by atoms with van der Waals surface area (Å²) in [5.41, 5.74) is 3.41. The van der Waals surface area contributed by atoms with Crippen molar-refractivity contribution in [2.45, 2.75) is 6.92 Å². The van der Waals surface area contributed by atoms with E-state index in [1.807, 2.05) is 6.07 Å². The second kappa shape index (κ2) is 7.87. The number of benzene rings is 1. The van der Waals surface area contributed by atoms with Crippen molar-refractivity contribution < 1.29 is 14.8 Å². The Morgan fingerprint density at radius 3 is 1.92 bits per heavy atom. The van der Waals surface area contributed by atoms with E-state index in [1.54, 1.807) is 0 Å². The van der Waals surface area contributed by atoms with E-state index in [4.69, 9.17) is 11.0 Å². The largest absolute Gasteiger partial charge is 0.382 e. The van der Waals surface area contributed by atoms with Gasteiger partial charge in [0.15, 0.2) is 0 Å². The number of nitrogens with two attached hydrogens (primary N) is 1. The molecule has 25 heavy (non-hydrogen) atoms. The van der Waals surface area contributed by atoms with Gasteiger partial charge in [-0.15, -0.1) is 0 Å². The number of nitriles is 1. The fourth-order valence-electron chi connectivity index (χ4n) is 1.58. The van der Waals surface area contributed by atoms with Gasteiger partial charge in [0.25, 0.3) is 17.1 Å². The van der Waals surface area contributed by atoms with Crippen molar-refractivity contribution in [3.63, 3.8) is 0 Å². The molecular weight excluding hydrogens is 338 g/mol. The zero-order valence-electron chi connectivity index (χ0n) is 12.5. The van der Waals surface area contributed by atoms with Crippen LogP contribution in [0.25, 0.3) is 0 Å². The minimum atomic E-state index is -0.917. The maximum Gasteiger partial charge on any atom is 0.286 e. The maximum absolute atomic E-state index is 10.5. The molecule has 0 fully saturated rings. The van der Waals surface area contributed by atoms with Gasteiger partial charge in [-0.25, -0.2) is 9.97 Å². The highest BCUT2D eigenvalue weighted by Gasteiger charge is 2.27. The van der Waals surface area contributed by atoms with Crippen molar-refractivity contribution in [1.29, 1.82) is 5.26 Å². The molecule has 1 heterocycles. The van der Waals surface area contributed by atoms with Crippen molar-refractivity contribution in [3.8, 4) is 6.07 Å². The van der Waals surface area contributed by atoms with E-state index in [1.165, 1.54) is 19.4 Å². The summed E-state index contributed by atoms with van der Waals surface area (Å²) in [5.74, 6) is 0.229. The zero-order chi connectivity index (χ0) is 19.1. The van der Waals surface area contributed by atoms with Gasteiger partial charge in [-0.2, -0.15) is 5.26 Å². The molecule has 0 saturated heterocycles. The Morgan fingerprint density at radius 2 is 1.60 bits per heavy atom. The van der Waals surface area contributed by atoms with Gasteiger partial charge in [0.2, 0.25) is 0 Å². The number of non-ortho nitro benzene ring substituents is 1. The number of rotatable bonds is 3. The number of nitrogens with zero attached hydrogens (tertiary/aromatic N) is 6. The third-order valence-corrected chi connectivity index (χ3v) is 2.81. The molecule has 1 aromatic heterocycles. The molecule has 13 heteroatoms. The molecule has 2 aromatic rings. The number of anilines is 1. The van der Waals surface area contributed by atoms with Crippen LogP contribution in [0, 0.1) is 48.6 Å². The van der Waals surface area contributed by atoms with Gasteiger partial charge in [0.1, 0.15) is 29.3 Å². The van der Waals surface area contributed by atoms with Crippen LogP contribution in [-0.2, 0) is 0 Å². The van der Waals surface area contributed by atoms with Gasteiger partial charge < -0.3 is 5.73 Å². The normalized spacial score (nSPS) is 9.28. The topological polar surface area (TPSA) is 205 Å². The zero-order valence-corrected chi connectivity index (χ0v) is 12.5. The van der Waals surface area contributed by atoms with Crippen molar-refractivity contribution in [2.75, 3.05) is 5.73 Å². The highest BCUT2D eigenvalue weighted by atomic mass is 16.6. The lowest BCUT2D eigenvalue weighted by atomic mass is 10.1. The Bertz CT molecular complexity index is 857. The van der Waals surface area contributed by atoms with Crippen LogP contribution in [0.4, 0.5) is 22.9 Å². The SMILES string of the molecule is Cc1c([N+](=O)[O-])cc([N+](=O)[O-])cc1[N+](=O)[O-].N#Cc1cncnc1N. The molecule has 0 spiro atoms. The Balaban J connectivity index is 0.000000293. The Labute approximate surface area is 138 Å². The summed E-state index contributed by atoms with van der Waals surface area (Å²) in [6.07, 6.45) is 2.68. The first kappa shape index (κ1) is 18.8. The van der Waals surface area contributed by atoms with Crippen molar-refractivity contribution >= 4 is 22.9 Å².